The molecule has 5 nitrogen and oxygen atoms in total. The Balaban J connectivity index is 2.12. The summed E-state index contributed by atoms with van der Waals surface area (Å²) < 4.78 is 1.60. The number of hydrogen-bond donors (Lipinski definition) is 1. The van der Waals surface area contributed by atoms with Crippen LogP contribution in [0.5, 0.6) is 0 Å². The fourth-order valence-electron chi connectivity index (χ4n) is 1.79. The Bertz CT molecular complexity index is 433. The molecule has 1 unspecified atom stereocenters. The van der Waals surface area contributed by atoms with Gasteiger partial charge in [0.15, 0.2) is 0 Å². The number of aliphatic hydroxyl groups is 1. The summed E-state index contributed by atoms with van der Waals surface area (Å²) in [5, 5.41) is 12.8. The molecule has 84 valence electrons. The standard InChI is InChI=1S/C11H13N3O2/c1-2-9-5-11(16)14(7-9)10-6-12-13(8-10)3-4-15/h1,6,8-9,15H,3-5,7H2. The molecule has 1 aliphatic rings. The first-order valence-corrected chi connectivity index (χ1v) is 5.14. The van der Waals surface area contributed by atoms with Gasteiger partial charge >= 0.3 is 0 Å². The molecule has 1 fully saturated rings. The molecule has 0 bridgehead atoms. The molecule has 1 atom stereocenters. The molecule has 0 saturated carbocycles. The van der Waals surface area contributed by atoms with Crippen molar-refractivity contribution in [3.63, 3.8) is 0 Å². The van der Waals surface area contributed by atoms with Crippen molar-refractivity contribution in [3.8, 4) is 12.3 Å². The van der Waals surface area contributed by atoms with Crippen molar-refractivity contribution in [1.82, 2.24) is 9.78 Å². The van der Waals surface area contributed by atoms with Gasteiger partial charge in [-0.05, 0) is 0 Å². The predicted molar refractivity (Wildman–Crippen MR) is 58.6 cm³/mol. The van der Waals surface area contributed by atoms with E-state index in [0.29, 0.717) is 19.5 Å². The van der Waals surface area contributed by atoms with Crippen LogP contribution in [-0.4, -0.2) is 33.9 Å². The molecular formula is C11H13N3O2. The van der Waals surface area contributed by atoms with E-state index in [2.05, 4.69) is 11.0 Å². The first-order valence-electron chi connectivity index (χ1n) is 5.14. The van der Waals surface area contributed by atoms with Gasteiger partial charge in [-0.2, -0.15) is 5.10 Å². The zero-order chi connectivity index (χ0) is 11.5. The molecule has 1 aromatic rings. The van der Waals surface area contributed by atoms with Crippen molar-refractivity contribution < 1.29 is 9.90 Å². The van der Waals surface area contributed by atoms with Crippen molar-refractivity contribution in [3.05, 3.63) is 12.4 Å². The highest BCUT2D eigenvalue weighted by molar-refractivity contribution is 5.95. The maximum absolute atomic E-state index is 11.7. The molecule has 0 spiro atoms. The van der Waals surface area contributed by atoms with E-state index in [1.165, 1.54) is 0 Å². The molecule has 2 rings (SSSR count). The quantitative estimate of drug-likeness (QED) is 0.720. The Morgan fingerprint density at radius 2 is 2.50 bits per heavy atom. The molecule has 0 aliphatic carbocycles. The monoisotopic (exact) mass is 219 g/mol. The van der Waals surface area contributed by atoms with Crippen LogP contribution in [0.4, 0.5) is 5.69 Å². The number of amides is 1. The second-order valence-electron chi connectivity index (χ2n) is 3.76. The van der Waals surface area contributed by atoms with Crippen molar-refractivity contribution >= 4 is 11.6 Å². The lowest BCUT2D eigenvalue weighted by atomic mass is 10.1. The summed E-state index contributed by atoms with van der Waals surface area (Å²) in [5.74, 6) is 2.62. The van der Waals surface area contributed by atoms with E-state index in [-0.39, 0.29) is 18.4 Å². The molecule has 1 N–H and O–H groups in total. The summed E-state index contributed by atoms with van der Waals surface area (Å²) >= 11 is 0. The number of hydrogen-bond acceptors (Lipinski definition) is 3. The number of anilines is 1. The lowest BCUT2D eigenvalue weighted by molar-refractivity contribution is -0.117. The Labute approximate surface area is 93.7 Å². The van der Waals surface area contributed by atoms with Crippen LogP contribution in [0.1, 0.15) is 6.42 Å². The van der Waals surface area contributed by atoms with Crippen LogP contribution in [0.2, 0.25) is 0 Å². The lowest BCUT2D eigenvalue weighted by Crippen LogP contribution is -2.23. The molecule has 16 heavy (non-hydrogen) atoms. The summed E-state index contributed by atoms with van der Waals surface area (Å²) in [6, 6.07) is 0. The minimum Gasteiger partial charge on any atom is -0.394 e. The zero-order valence-corrected chi connectivity index (χ0v) is 8.83. The Kier molecular flexibility index (Phi) is 2.93. The maximum atomic E-state index is 11.7. The van der Waals surface area contributed by atoms with Gasteiger partial charge in [-0.15, -0.1) is 12.3 Å². The summed E-state index contributed by atoms with van der Waals surface area (Å²) in [6.45, 7) is 1.02. The minimum atomic E-state index is -0.00584. The Morgan fingerprint density at radius 1 is 1.69 bits per heavy atom. The summed E-state index contributed by atoms with van der Waals surface area (Å²) in [4.78, 5) is 13.3. The molecule has 1 aliphatic heterocycles. The third-order valence-electron chi connectivity index (χ3n) is 2.62. The molecule has 0 radical (unpaired) electrons. The second kappa shape index (κ2) is 4.37. The third kappa shape index (κ3) is 1.92. The highest BCUT2D eigenvalue weighted by atomic mass is 16.3. The fourth-order valence-corrected chi connectivity index (χ4v) is 1.79. The summed E-state index contributed by atoms with van der Waals surface area (Å²) in [6.07, 6.45) is 9.07. The van der Waals surface area contributed by atoms with Crippen molar-refractivity contribution in [2.24, 2.45) is 5.92 Å². The van der Waals surface area contributed by atoms with Crippen LogP contribution >= 0.6 is 0 Å². The summed E-state index contributed by atoms with van der Waals surface area (Å²) in [7, 11) is 0. The molecular weight excluding hydrogens is 206 g/mol. The average Bonchev–Trinajstić information content (AvgIpc) is 2.85. The number of nitrogens with zero attached hydrogens (tertiary/aromatic N) is 3. The van der Waals surface area contributed by atoms with E-state index in [0.717, 1.165) is 5.69 Å². The number of terminal acetylenes is 1. The van der Waals surface area contributed by atoms with Crippen LogP contribution in [0.25, 0.3) is 0 Å². The number of carbonyl (C=O) groups is 1. The van der Waals surface area contributed by atoms with E-state index in [1.807, 2.05) is 0 Å². The number of aromatic nitrogens is 2. The smallest absolute Gasteiger partial charge is 0.228 e. The summed E-state index contributed by atoms with van der Waals surface area (Å²) in [5.41, 5.74) is 0.746. The topological polar surface area (TPSA) is 58.4 Å². The second-order valence-corrected chi connectivity index (χ2v) is 3.76. The molecule has 1 aromatic heterocycles. The molecule has 0 aromatic carbocycles. The van der Waals surface area contributed by atoms with Gasteiger partial charge in [0.1, 0.15) is 0 Å². The van der Waals surface area contributed by atoms with Gasteiger partial charge in [0, 0.05) is 25.1 Å². The highest BCUT2D eigenvalue weighted by Crippen LogP contribution is 2.23. The predicted octanol–water partition coefficient (Wildman–Crippen LogP) is -0.139. The Morgan fingerprint density at radius 3 is 3.12 bits per heavy atom. The highest BCUT2D eigenvalue weighted by Gasteiger charge is 2.29. The zero-order valence-electron chi connectivity index (χ0n) is 8.83. The van der Waals surface area contributed by atoms with Gasteiger partial charge < -0.3 is 10.0 Å². The maximum Gasteiger partial charge on any atom is 0.228 e. The number of carbonyl (C=O) groups excluding carboxylic acids is 1. The molecule has 1 saturated heterocycles. The van der Waals surface area contributed by atoms with E-state index in [4.69, 9.17) is 11.5 Å². The van der Waals surface area contributed by atoms with Crippen molar-refractivity contribution in [1.29, 1.82) is 0 Å². The van der Waals surface area contributed by atoms with E-state index in [9.17, 15) is 4.79 Å². The average molecular weight is 219 g/mol. The van der Waals surface area contributed by atoms with Crippen molar-refractivity contribution in [2.75, 3.05) is 18.1 Å². The number of aliphatic hydroxyl groups excluding tert-OH is 1. The van der Waals surface area contributed by atoms with E-state index in [1.54, 1.807) is 22.0 Å². The van der Waals surface area contributed by atoms with E-state index < -0.39 is 0 Å². The number of rotatable bonds is 3. The van der Waals surface area contributed by atoms with Crippen LogP contribution < -0.4 is 4.90 Å². The molecule has 2 heterocycles. The SMILES string of the molecule is C#CC1CC(=O)N(c2cnn(CCO)c2)C1. The van der Waals surface area contributed by atoms with Gasteiger partial charge in [-0.1, -0.05) is 0 Å². The normalized spacial score (nSPS) is 20.1. The largest absolute Gasteiger partial charge is 0.394 e. The van der Waals surface area contributed by atoms with Gasteiger partial charge in [0.2, 0.25) is 5.91 Å². The van der Waals surface area contributed by atoms with Crippen LogP contribution in [0.3, 0.4) is 0 Å². The third-order valence-corrected chi connectivity index (χ3v) is 2.62. The fraction of sp³-hybridized carbons (Fsp3) is 0.455. The van der Waals surface area contributed by atoms with E-state index >= 15 is 0 Å². The van der Waals surface area contributed by atoms with Gasteiger partial charge in [-0.25, -0.2) is 0 Å². The Hall–Kier alpha value is -1.80. The van der Waals surface area contributed by atoms with Crippen LogP contribution in [0.15, 0.2) is 12.4 Å². The first-order chi connectivity index (χ1) is 7.74. The van der Waals surface area contributed by atoms with Gasteiger partial charge in [0.25, 0.3) is 0 Å². The molecule has 5 heteroatoms. The lowest BCUT2D eigenvalue weighted by Gasteiger charge is -2.12. The van der Waals surface area contributed by atoms with Crippen molar-refractivity contribution in [2.45, 2.75) is 13.0 Å². The van der Waals surface area contributed by atoms with Crippen LogP contribution in [0, 0.1) is 18.3 Å². The first kappa shape index (κ1) is 10.7. The minimum absolute atomic E-state index is 0.00584. The van der Waals surface area contributed by atoms with Gasteiger partial charge in [0.05, 0.1) is 25.0 Å². The van der Waals surface area contributed by atoms with Crippen LogP contribution in [-0.2, 0) is 11.3 Å². The molecule has 1 amide bonds. The van der Waals surface area contributed by atoms with Gasteiger partial charge in [-0.3, -0.25) is 9.48 Å².